The molecule has 2 rings (SSSR count). The first-order valence-electron chi connectivity index (χ1n) is 3.82. The third-order valence-electron chi connectivity index (χ3n) is 1.65. The van der Waals surface area contributed by atoms with Crippen LogP contribution in [-0.2, 0) is 20.1 Å². The molecule has 1 heterocycles. The summed E-state index contributed by atoms with van der Waals surface area (Å²) in [5.74, 6) is 0. The summed E-state index contributed by atoms with van der Waals surface area (Å²) in [5.41, 5.74) is 1.39. The van der Waals surface area contributed by atoms with Crippen molar-refractivity contribution < 1.29 is 20.1 Å². The molecule has 0 aliphatic heterocycles. The molecule has 1 aromatic heterocycles. The summed E-state index contributed by atoms with van der Waals surface area (Å²) < 4.78 is 1.62. The van der Waals surface area contributed by atoms with Gasteiger partial charge in [0.2, 0.25) is 0 Å². The first kappa shape index (κ1) is 10.6. The van der Waals surface area contributed by atoms with E-state index in [1.54, 1.807) is 10.9 Å². The maximum atomic E-state index is 8.58. The Morgan fingerprint density at radius 3 is 2.86 bits per heavy atom. The van der Waals surface area contributed by atoms with Crippen LogP contribution in [0.25, 0.3) is 5.69 Å². The molecule has 0 amide bonds. The first-order chi connectivity index (χ1) is 6.40. The van der Waals surface area contributed by atoms with Gasteiger partial charge >= 0.3 is 0 Å². The minimum Gasteiger partial charge on any atom is -0.264 e. The van der Waals surface area contributed by atoms with Crippen LogP contribution >= 0.6 is 0 Å². The van der Waals surface area contributed by atoms with Crippen LogP contribution in [0.15, 0.2) is 36.7 Å². The van der Waals surface area contributed by atoms with Crippen LogP contribution in [-0.4, -0.2) is 9.78 Å². The summed E-state index contributed by atoms with van der Waals surface area (Å²) in [6, 6.07) is 12.5. The molecule has 0 spiro atoms. The predicted molar refractivity (Wildman–Crippen MR) is 47.1 cm³/mol. The van der Waals surface area contributed by atoms with E-state index in [1.807, 2.05) is 30.3 Å². The quantitative estimate of drug-likeness (QED) is 0.724. The summed E-state index contributed by atoms with van der Waals surface area (Å²) in [4.78, 5) is 0. The van der Waals surface area contributed by atoms with E-state index in [0.29, 0.717) is 5.56 Å². The zero-order chi connectivity index (χ0) is 9.10. The van der Waals surface area contributed by atoms with E-state index < -0.39 is 0 Å². The fourth-order valence-electron chi connectivity index (χ4n) is 1.04. The topological polar surface area (TPSA) is 41.6 Å². The van der Waals surface area contributed by atoms with Gasteiger partial charge in [-0.05, 0) is 5.69 Å². The summed E-state index contributed by atoms with van der Waals surface area (Å²) in [7, 11) is 0. The van der Waals surface area contributed by atoms with Crippen molar-refractivity contribution in [3.8, 4) is 11.8 Å². The minimum absolute atomic E-state index is 0. The summed E-state index contributed by atoms with van der Waals surface area (Å²) in [6.07, 6.45) is 3.20. The number of para-hydroxylation sites is 1. The van der Waals surface area contributed by atoms with Crippen molar-refractivity contribution in [1.82, 2.24) is 9.78 Å². The van der Waals surface area contributed by atoms with Gasteiger partial charge < -0.3 is 0 Å². The molecule has 4 heteroatoms. The van der Waals surface area contributed by atoms with Gasteiger partial charge in [0, 0.05) is 26.3 Å². The largest absolute Gasteiger partial charge is 0.264 e. The first-order valence-corrected chi connectivity index (χ1v) is 3.82. The molecule has 0 bridgehead atoms. The maximum Gasteiger partial charge on any atom is 0.102 e. The van der Waals surface area contributed by atoms with Crippen molar-refractivity contribution >= 4 is 0 Å². The van der Waals surface area contributed by atoms with Gasteiger partial charge in [-0.3, -0.25) is 4.68 Å². The molecule has 1 radical (unpaired) electrons. The Labute approximate surface area is 95.3 Å². The average Bonchev–Trinajstić information content (AvgIpc) is 2.67. The van der Waals surface area contributed by atoms with Gasteiger partial charge in [0.25, 0.3) is 0 Å². The number of rotatable bonds is 1. The third-order valence-corrected chi connectivity index (χ3v) is 1.65. The maximum absolute atomic E-state index is 8.58. The second-order valence-corrected chi connectivity index (χ2v) is 2.53. The van der Waals surface area contributed by atoms with Gasteiger partial charge in [-0.2, -0.15) is 34.6 Å². The molecule has 0 aliphatic rings. The standard InChI is InChI=1S/C10H6N3.Ir/c11-6-9-7-12-13(8-9)10-4-2-1-3-5-10;/h1-4,7-8H;/q-1;. The Hall–Kier alpha value is -1.43. The van der Waals surface area contributed by atoms with Gasteiger partial charge in [-0.25, -0.2) is 0 Å². The summed E-state index contributed by atoms with van der Waals surface area (Å²) >= 11 is 0. The van der Waals surface area contributed by atoms with E-state index in [-0.39, 0.29) is 20.1 Å². The van der Waals surface area contributed by atoms with Crippen LogP contribution in [0, 0.1) is 17.4 Å². The zero-order valence-corrected chi connectivity index (χ0v) is 9.53. The average molecular weight is 360 g/mol. The molecular formula is C10H6IrN3-. The third kappa shape index (κ3) is 2.08. The van der Waals surface area contributed by atoms with Crippen molar-refractivity contribution in [3.63, 3.8) is 0 Å². The van der Waals surface area contributed by atoms with Crippen molar-refractivity contribution in [2.24, 2.45) is 0 Å². The van der Waals surface area contributed by atoms with Crippen LogP contribution < -0.4 is 0 Å². The number of nitrogens with zero attached hydrogens (tertiary/aromatic N) is 3. The smallest absolute Gasteiger partial charge is 0.102 e. The molecule has 3 nitrogen and oxygen atoms in total. The molecule has 0 aliphatic carbocycles. The van der Waals surface area contributed by atoms with E-state index in [4.69, 9.17) is 5.26 Å². The van der Waals surface area contributed by atoms with Crippen molar-refractivity contribution in [3.05, 3.63) is 48.3 Å². The van der Waals surface area contributed by atoms with Gasteiger partial charge in [0.1, 0.15) is 6.07 Å². The molecule has 1 aromatic carbocycles. The van der Waals surface area contributed by atoms with E-state index >= 15 is 0 Å². The molecule has 0 saturated heterocycles. The summed E-state index contributed by atoms with van der Waals surface area (Å²) in [5, 5.41) is 12.6. The second-order valence-electron chi connectivity index (χ2n) is 2.53. The number of aromatic nitrogens is 2. The minimum atomic E-state index is 0. The Morgan fingerprint density at radius 1 is 1.43 bits per heavy atom. The van der Waals surface area contributed by atoms with Gasteiger partial charge in [0.15, 0.2) is 0 Å². The molecule has 14 heavy (non-hydrogen) atoms. The number of nitriles is 1. The number of hydrogen-bond donors (Lipinski definition) is 0. The van der Waals surface area contributed by atoms with Crippen molar-refractivity contribution in [1.29, 1.82) is 5.26 Å². The molecule has 0 N–H and O–H groups in total. The summed E-state index contributed by atoms with van der Waals surface area (Å²) in [6.45, 7) is 0. The molecule has 0 saturated carbocycles. The van der Waals surface area contributed by atoms with Crippen molar-refractivity contribution in [2.75, 3.05) is 0 Å². The fourth-order valence-corrected chi connectivity index (χ4v) is 1.04. The van der Waals surface area contributed by atoms with E-state index in [1.165, 1.54) is 6.20 Å². The molecular weight excluding hydrogens is 354 g/mol. The Balaban J connectivity index is 0.000000980. The van der Waals surface area contributed by atoms with E-state index in [0.717, 1.165) is 5.69 Å². The normalized spacial score (nSPS) is 8.79. The Kier molecular flexibility index (Phi) is 3.58. The van der Waals surface area contributed by atoms with Crippen LogP contribution in [0.2, 0.25) is 0 Å². The van der Waals surface area contributed by atoms with Gasteiger partial charge in [0.05, 0.1) is 11.8 Å². The number of hydrogen-bond acceptors (Lipinski definition) is 2. The van der Waals surface area contributed by atoms with E-state index in [9.17, 15) is 0 Å². The molecule has 0 fully saturated rings. The van der Waals surface area contributed by atoms with Crippen LogP contribution in [0.1, 0.15) is 5.56 Å². The Morgan fingerprint density at radius 2 is 2.29 bits per heavy atom. The zero-order valence-electron chi connectivity index (χ0n) is 7.14. The SMILES string of the molecule is N#Cc1cnn(-c2[c-]cccc2)c1.[Ir]. The van der Waals surface area contributed by atoms with E-state index in [2.05, 4.69) is 11.2 Å². The molecule has 2 aromatic rings. The van der Waals surface area contributed by atoms with Gasteiger partial charge in [-0.15, -0.1) is 6.07 Å². The van der Waals surface area contributed by atoms with Crippen LogP contribution in [0.4, 0.5) is 0 Å². The molecule has 0 atom stereocenters. The fraction of sp³-hybridized carbons (Fsp3) is 0. The Bertz CT molecular complexity index is 442. The monoisotopic (exact) mass is 361 g/mol. The van der Waals surface area contributed by atoms with Gasteiger partial charge in [-0.1, -0.05) is 0 Å². The molecule has 0 unspecified atom stereocenters. The predicted octanol–water partition coefficient (Wildman–Crippen LogP) is 1.54. The van der Waals surface area contributed by atoms with Crippen LogP contribution in [0.3, 0.4) is 0 Å². The van der Waals surface area contributed by atoms with Crippen LogP contribution in [0.5, 0.6) is 0 Å². The number of benzene rings is 1. The molecule has 71 valence electrons. The second kappa shape index (κ2) is 4.71. The van der Waals surface area contributed by atoms with Crippen molar-refractivity contribution in [2.45, 2.75) is 0 Å².